The summed E-state index contributed by atoms with van der Waals surface area (Å²) in [6, 6.07) is 11.7. The van der Waals surface area contributed by atoms with E-state index in [-0.39, 0.29) is 0 Å². The molecule has 0 bridgehead atoms. The van der Waals surface area contributed by atoms with E-state index < -0.39 is 6.09 Å². The van der Waals surface area contributed by atoms with Crippen molar-refractivity contribution in [2.45, 2.75) is 13.8 Å². The van der Waals surface area contributed by atoms with Crippen LogP contribution in [0.5, 0.6) is 0 Å². The van der Waals surface area contributed by atoms with E-state index in [9.17, 15) is 4.79 Å². The molecule has 2 heterocycles. The number of nitrogens with zero attached hydrogens (tertiary/aromatic N) is 3. The first-order valence-corrected chi connectivity index (χ1v) is 8.07. The highest BCUT2D eigenvalue weighted by Crippen LogP contribution is 2.26. The van der Waals surface area contributed by atoms with Gasteiger partial charge in [0.2, 0.25) is 5.13 Å². The molecule has 2 aromatic heterocycles. The zero-order valence-corrected chi connectivity index (χ0v) is 13.6. The number of ether oxygens (including phenoxy) is 1. The number of thiazole rings is 1. The molecule has 0 saturated heterocycles. The maximum atomic E-state index is 11.6. The molecule has 0 aliphatic carbocycles. The van der Waals surface area contributed by atoms with E-state index in [4.69, 9.17) is 4.74 Å². The van der Waals surface area contributed by atoms with E-state index in [1.54, 1.807) is 17.7 Å². The van der Waals surface area contributed by atoms with Crippen molar-refractivity contribution >= 4 is 23.2 Å². The molecule has 7 heteroatoms. The van der Waals surface area contributed by atoms with Gasteiger partial charge in [-0.05, 0) is 13.8 Å². The largest absolute Gasteiger partial charge is 0.450 e. The average molecular weight is 328 g/mol. The standard InChI is InChI=1S/C16H16N4O2S/c1-3-22-16(21)18-14-9-11(2)19-20(14)15-17-13(10-23-15)12-7-5-4-6-8-12/h4-10H,3H2,1-2H3,(H,18,21). The lowest BCUT2D eigenvalue weighted by molar-refractivity contribution is 0.167. The van der Waals surface area contributed by atoms with Gasteiger partial charge in [-0.15, -0.1) is 11.3 Å². The van der Waals surface area contributed by atoms with Crippen molar-refractivity contribution in [3.63, 3.8) is 0 Å². The zero-order chi connectivity index (χ0) is 16.2. The third kappa shape index (κ3) is 3.40. The number of nitrogens with one attached hydrogen (secondary N) is 1. The zero-order valence-electron chi connectivity index (χ0n) is 12.8. The van der Waals surface area contributed by atoms with Crippen molar-refractivity contribution in [1.29, 1.82) is 0 Å². The fourth-order valence-electron chi connectivity index (χ4n) is 2.11. The Morgan fingerprint density at radius 2 is 2.13 bits per heavy atom. The van der Waals surface area contributed by atoms with Gasteiger partial charge in [-0.3, -0.25) is 5.32 Å². The number of aromatic nitrogens is 3. The molecule has 0 aliphatic heterocycles. The molecule has 0 spiro atoms. The van der Waals surface area contributed by atoms with E-state index in [1.165, 1.54) is 11.3 Å². The number of anilines is 1. The van der Waals surface area contributed by atoms with E-state index >= 15 is 0 Å². The number of hydrogen-bond donors (Lipinski definition) is 1. The summed E-state index contributed by atoms with van der Waals surface area (Å²) in [5, 5.41) is 9.73. The van der Waals surface area contributed by atoms with Crippen LogP contribution in [-0.4, -0.2) is 27.5 Å². The SMILES string of the molecule is CCOC(=O)Nc1cc(C)nn1-c1nc(-c2ccccc2)cs1. The highest BCUT2D eigenvalue weighted by molar-refractivity contribution is 7.12. The van der Waals surface area contributed by atoms with Gasteiger partial charge in [0.25, 0.3) is 0 Å². The maximum absolute atomic E-state index is 11.6. The van der Waals surface area contributed by atoms with Crippen LogP contribution in [0, 0.1) is 6.92 Å². The minimum Gasteiger partial charge on any atom is -0.450 e. The van der Waals surface area contributed by atoms with Crippen LogP contribution in [-0.2, 0) is 4.74 Å². The molecule has 0 unspecified atom stereocenters. The molecule has 3 rings (SSSR count). The van der Waals surface area contributed by atoms with E-state index in [0.29, 0.717) is 17.6 Å². The number of carbonyl (C=O) groups excluding carboxylic acids is 1. The lowest BCUT2D eigenvalue weighted by Crippen LogP contribution is -2.16. The fraction of sp³-hybridized carbons (Fsp3) is 0.188. The van der Waals surface area contributed by atoms with Gasteiger partial charge >= 0.3 is 6.09 Å². The number of amides is 1. The molecule has 1 aromatic carbocycles. The van der Waals surface area contributed by atoms with Gasteiger partial charge in [0.1, 0.15) is 5.82 Å². The minimum atomic E-state index is -0.506. The molecular formula is C16H16N4O2S. The van der Waals surface area contributed by atoms with Gasteiger partial charge in [0.15, 0.2) is 0 Å². The number of carbonyl (C=O) groups is 1. The maximum Gasteiger partial charge on any atom is 0.412 e. The Bertz CT molecular complexity index is 811. The number of hydrogen-bond acceptors (Lipinski definition) is 5. The van der Waals surface area contributed by atoms with Crippen LogP contribution in [0.4, 0.5) is 10.6 Å². The predicted molar refractivity (Wildman–Crippen MR) is 90.1 cm³/mol. The van der Waals surface area contributed by atoms with Gasteiger partial charge in [0.05, 0.1) is 18.0 Å². The van der Waals surface area contributed by atoms with Gasteiger partial charge in [0, 0.05) is 17.0 Å². The summed E-state index contributed by atoms with van der Waals surface area (Å²) in [5.74, 6) is 0.537. The van der Waals surface area contributed by atoms with Crippen molar-refractivity contribution in [2.24, 2.45) is 0 Å². The molecule has 3 aromatic rings. The van der Waals surface area contributed by atoms with E-state index in [0.717, 1.165) is 17.0 Å². The predicted octanol–water partition coefficient (Wildman–Crippen LogP) is 3.87. The summed E-state index contributed by atoms with van der Waals surface area (Å²) in [6.07, 6.45) is -0.506. The normalized spacial score (nSPS) is 10.5. The Balaban J connectivity index is 1.90. The van der Waals surface area contributed by atoms with Crippen molar-refractivity contribution in [3.05, 3.63) is 47.5 Å². The molecule has 23 heavy (non-hydrogen) atoms. The summed E-state index contributed by atoms with van der Waals surface area (Å²) in [7, 11) is 0. The first-order valence-electron chi connectivity index (χ1n) is 7.19. The Morgan fingerprint density at radius 3 is 2.87 bits per heavy atom. The smallest absolute Gasteiger partial charge is 0.412 e. The van der Waals surface area contributed by atoms with Crippen LogP contribution in [0.15, 0.2) is 41.8 Å². The molecular weight excluding hydrogens is 312 g/mol. The van der Waals surface area contributed by atoms with E-state index in [1.807, 2.05) is 42.6 Å². The summed E-state index contributed by atoms with van der Waals surface area (Å²) in [6.45, 7) is 3.93. The monoisotopic (exact) mass is 328 g/mol. The summed E-state index contributed by atoms with van der Waals surface area (Å²) in [4.78, 5) is 16.2. The fourth-order valence-corrected chi connectivity index (χ4v) is 2.91. The third-order valence-electron chi connectivity index (χ3n) is 3.08. The highest BCUT2D eigenvalue weighted by Gasteiger charge is 2.14. The second-order valence-corrected chi connectivity index (χ2v) is 5.65. The summed E-state index contributed by atoms with van der Waals surface area (Å²) >= 11 is 1.46. The first kappa shape index (κ1) is 15.2. The topological polar surface area (TPSA) is 69.0 Å². The Labute approximate surface area is 137 Å². The molecule has 0 fully saturated rings. The molecule has 0 saturated carbocycles. The quantitative estimate of drug-likeness (QED) is 0.789. The van der Waals surface area contributed by atoms with Gasteiger partial charge in [-0.1, -0.05) is 30.3 Å². The van der Waals surface area contributed by atoms with Gasteiger partial charge in [-0.2, -0.15) is 9.78 Å². The lowest BCUT2D eigenvalue weighted by atomic mass is 10.2. The van der Waals surface area contributed by atoms with E-state index in [2.05, 4.69) is 15.4 Å². The summed E-state index contributed by atoms with van der Waals surface area (Å²) < 4.78 is 6.53. The summed E-state index contributed by atoms with van der Waals surface area (Å²) in [5.41, 5.74) is 2.70. The van der Waals surface area contributed by atoms with Crippen molar-refractivity contribution in [1.82, 2.24) is 14.8 Å². The molecule has 0 aliphatic rings. The van der Waals surface area contributed by atoms with Gasteiger partial charge in [-0.25, -0.2) is 9.78 Å². The van der Waals surface area contributed by atoms with Crippen molar-refractivity contribution < 1.29 is 9.53 Å². The van der Waals surface area contributed by atoms with Crippen LogP contribution in [0.25, 0.3) is 16.4 Å². The average Bonchev–Trinajstić information content (AvgIpc) is 3.15. The van der Waals surface area contributed by atoms with Crippen LogP contribution in [0.1, 0.15) is 12.6 Å². The minimum absolute atomic E-state index is 0.314. The van der Waals surface area contributed by atoms with Crippen LogP contribution in [0.2, 0.25) is 0 Å². The van der Waals surface area contributed by atoms with Crippen molar-refractivity contribution in [3.8, 4) is 16.4 Å². The first-order chi connectivity index (χ1) is 11.2. The molecule has 0 atom stereocenters. The second kappa shape index (κ2) is 6.62. The molecule has 0 radical (unpaired) electrons. The number of aryl methyl sites for hydroxylation is 1. The van der Waals surface area contributed by atoms with Crippen LogP contribution in [0.3, 0.4) is 0 Å². The molecule has 1 N–H and O–H groups in total. The molecule has 118 valence electrons. The van der Waals surface area contributed by atoms with Crippen LogP contribution < -0.4 is 5.32 Å². The second-order valence-electron chi connectivity index (χ2n) is 4.81. The van der Waals surface area contributed by atoms with Crippen LogP contribution >= 0.6 is 11.3 Å². The van der Waals surface area contributed by atoms with Crippen molar-refractivity contribution in [2.75, 3.05) is 11.9 Å². The highest BCUT2D eigenvalue weighted by atomic mass is 32.1. The molecule has 6 nitrogen and oxygen atoms in total. The Morgan fingerprint density at radius 1 is 1.35 bits per heavy atom. The Hall–Kier alpha value is -2.67. The lowest BCUT2D eigenvalue weighted by Gasteiger charge is -2.06. The Kier molecular flexibility index (Phi) is 4.38. The number of benzene rings is 1. The van der Waals surface area contributed by atoms with Gasteiger partial charge < -0.3 is 4.74 Å². The molecule has 1 amide bonds. The third-order valence-corrected chi connectivity index (χ3v) is 3.90. The number of rotatable bonds is 4.